The van der Waals surface area contributed by atoms with Gasteiger partial charge in [0.05, 0.1) is 23.3 Å². The summed E-state index contributed by atoms with van der Waals surface area (Å²) in [5.74, 6) is 0.150. The molecule has 4 rings (SSSR count). The van der Waals surface area contributed by atoms with E-state index in [1.54, 1.807) is 12.1 Å². The van der Waals surface area contributed by atoms with Crippen molar-refractivity contribution in [3.05, 3.63) is 66.2 Å². The molecule has 0 bridgehead atoms. The van der Waals surface area contributed by atoms with Crippen molar-refractivity contribution in [3.63, 3.8) is 0 Å². The molecule has 1 aliphatic rings. The number of carbonyl (C=O) groups is 1. The minimum Gasteiger partial charge on any atom is -0.497 e. The number of nitrogens with zero attached hydrogens (tertiary/aromatic N) is 2. The predicted octanol–water partition coefficient (Wildman–Crippen LogP) is 2.48. The second kappa shape index (κ2) is 8.98. The Balaban J connectivity index is 1.52. The van der Waals surface area contributed by atoms with Crippen LogP contribution in [0.25, 0.3) is 5.76 Å². The number of hydrogen-bond donors (Lipinski definition) is 2. The first kappa shape index (κ1) is 21.2. The van der Waals surface area contributed by atoms with Crippen LogP contribution >= 0.6 is 0 Å². The summed E-state index contributed by atoms with van der Waals surface area (Å²) in [6, 6.07) is 11.8. The van der Waals surface area contributed by atoms with Gasteiger partial charge in [0.2, 0.25) is 5.76 Å². The summed E-state index contributed by atoms with van der Waals surface area (Å²) in [7, 11) is -2.47. The average molecular weight is 458 g/mol. The maximum Gasteiger partial charge on any atom is 0.322 e. The van der Waals surface area contributed by atoms with E-state index >= 15 is 0 Å². The van der Waals surface area contributed by atoms with Gasteiger partial charge in [-0.3, -0.25) is 14.8 Å². The van der Waals surface area contributed by atoms with E-state index in [4.69, 9.17) is 18.6 Å². The predicted molar refractivity (Wildman–Crippen MR) is 112 cm³/mol. The summed E-state index contributed by atoms with van der Waals surface area (Å²) >= 11 is 0. The molecule has 1 aliphatic heterocycles. The van der Waals surface area contributed by atoms with E-state index in [2.05, 4.69) is 20.2 Å². The Kier molecular flexibility index (Phi) is 5.94. The minimum atomic E-state index is -3.95. The van der Waals surface area contributed by atoms with Crippen LogP contribution in [0, 0.1) is 0 Å². The summed E-state index contributed by atoms with van der Waals surface area (Å²) in [6.45, 7) is 0.738. The Morgan fingerprint density at radius 2 is 1.84 bits per heavy atom. The third kappa shape index (κ3) is 4.64. The number of benzene rings is 2. The summed E-state index contributed by atoms with van der Waals surface area (Å²) in [5, 5.41) is 9.99. The van der Waals surface area contributed by atoms with Gasteiger partial charge < -0.3 is 18.6 Å². The fraction of sp³-hybridized carbons (Fsp3) is 0.150. The fourth-order valence-electron chi connectivity index (χ4n) is 2.75. The molecule has 0 aliphatic carbocycles. The summed E-state index contributed by atoms with van der Waals surface area (Å²) in [4.78, 5) is 12.8. The third-order valence-corrected chi connectivity index (χ3v) is 5.67. The smallest absolute Gasteiger partial charge is 0.322 e. The molecule has 0 unspecified atom stereocenters. The number of aromatic nitrogens is 2. The number of ether oxygens (including phenoxy) is 3. The van der Waals surface area contributed by atoms with Crippen LogP contribution in [0.2, 0.25) is 0 Å². The van der Waals surface area contributed by atoms with Crippen LogP contribution < -0.4 is 14.8 Å². The molecule has 0 spiro atoms. The number of carbonyl (C=O) groups excluding carboxylic acids is 1. The van der Waals surface area contributed by atoms with E-state index < -0.39 is 15.9 Å². The van der Waals surface area contributed by atoms with E-state index in [9.17, 15) is 13.2 Å². The Morgan fingerprint density at radius 3 is 2.56 bits per heavy atom. The molecule has 2 N–H and O–H groups in total. The van der Waals surface area contributed by atoms with Crippen LogP contribution in [0.3, 0.4) is 0 Å². The molecule has 2 aromatic carbocycles. The molecule has 3 aromatic rings. The van der Waals surface area contributed by atoms with Gasteiger partial charge in [-0.05, 0) is 36.4 Å². The van der Waals surface area contributed by atoms with Crippen LogP contribution in [-0.4, -0.2) is 44.8 Å². The van der Waals surface area contributed by atoms with Crippen molar-refractivity contribution in [2.24, 2.45) is 0 Å². The molecule has 0 atom stereocenters. The van der Waals surface area contributed by atoms with Gasteiger partial charge in [-0.1, -0.05) is 17.2 Å². The monoisotopic (exact) mass is 458 g/mol. The number of methoxy groups -OCH3 is 1. The van der Waals surface area contributed by atoms with Crippen molar-refractivity contribution in [1.29, 1.82) is 0 Å². The van der Waals surface area contributed by atoms with E-state index in [0.717, 1.165) is 0 Å². The van der Waals surface area contributed by atoms with E-state index in [-0.39, 0.29) is 33.8 Å². The zero-order chi connectivity index (χ0) is 22.6. The second-order valence-electron chi connectivity index (χ2n) is 6.39. The first-order valence-electron chi connectivity index (χ1n) is 9.32. The highest BCUT2D eigenvalue weighted by atomic mass is 32.2. The summed E-state index contributed by atoms with van der Waals surface area (Å²) < 4.78 is 48.8. The molecule has 1 aromatic heterocycles. The van der Waals surface area contributed by atoms with Gasteiger partial charge in [0, 0.05) is 0 Å². The zero-order valence-corrected chi connectivity index (χ0v) is 17.6. The molecule has 11 nitrogen and oxygen atoms in total. The number of rotatable bonds is 7. The van der Waals surface area contributed by atoms with Crippen LogP contribution in [0.1, 0.15) is 16.2 Å². The summed E-state index contributed by atoms with van der Waals surface area (Å²) in [6.07, 6.45) is 1.34. The van der Waals surface area contributed by atoms with Crippen molar-refractivity contribution in [3.8, 4) is 5.75 Å². The lowest BCUT2D eigenvalue weighted by Gasteiger charge is -2.12. The Labute approximate surface area is 183 Å². The van der Waals surface area contributed by atoms with Crippen molar-refractivity contribution in [1.82, 2.24) is 10.2 Å². The second-order valence-corrected chi connectivity index (χ2v) is 8.08. The molecule has 0 saturated carbocycles. The van der Waals surface area contributed by atoms with Crippen molar-refractivity contribution in [2.75, 3.05) is 30.4 Å². The number of sulfonamides is 1. The number of hydrogen-bond acceptors (Lipinski definition) is 9. The van der Waals surface area contributed by atoms with Gasteiger partial charge in [0.25, 0.3) is 21.8 Å². The number of amides is 1. The van der Waals surface area contributed by atoms with Gasteiger partial charge >= 0.3 is 6.01 Å². The lowest BCUT2D eigenvalue weighted by molar-refractivity contribution is 0.102. The minimum absolute atomic E-state index is 0.0121. The highest BCUT2D eigenvalue weighted by molar-refractivity contribution is 7.92. The Bertz CT molecular complexity index is 1250. The molecule has 0 radical (unpaired) electrons. The van der Waals surface area contributed by atoms with Crippen molar-refractivity contribution < 1.29 is 31.8 Å². The third-order valence-electron chi connectivity index (χ3n) is 4.29. The van der Waals surface area contributed by atoms with Crippen molar-refractivity contribution in [2.45, 2.75) is 4.90 Å². The van der Waals surface area contributed by atoms with E-state index in [1.807, 2.05) is 0 Å². The number of nitrogens with one attached hydrogen (secondary N) is 2. The molecular weight excluding hydrogens is 440 g/mol. The highest BCUT2D eigenvalue weighted by Crippen LogP contribution is 2.24. The number of para-hydroxylation sites is 1. The van der Waals surface area contributed by atoms with Gasteiger partial charge in [-0.25, -0.2) is 8.42 Å². The highest BCUT2D eigenvalue weighted by Gasteiger charge is 2.21. The molecule has 32 heavy (non-hydrogen) atoms. The molecule has 166 valence electrons. The largest absolute Gasteiger partial charge is 0.497 e. The van der Waals surface area contributed by atoms with Gasteiger partial charge in [-0.2, -0.15) is 0 Å². The van der Waals surface area contributed by atoms with Crippen LogP contribution in [-0.2, 0) is 19.5 Å². The first-order chi connectivity index (χ1) is 15.5. The SMILES string of the molecule is COc1ccc(S(=O)(=O)Nc2ccccc2C(=O)Nc2nnc(C3=COCCO3)o2)cc1. The van der Waals surface area contributed by atoms with Crippen LogP contribution in [0.5, 0.6) is 5.75 Å². The van der Waals surface area contributed by atoms with E-state index in [0.29, 0.717) is 19.0 Å². The van der Waals surface area contributed by atoms with E-state index in [1.165, 1.54) is 49.8 Å². The lowest BCUT2D eigenvalue weighted by atomic mass is 10.2. The van der Waals surface area contributed by atoms with Crippen LogP contribution in [0.4, 0.5) is 11.7 Å². The van der Waals surface area contributed by atoms with Gasteiger partial charge in [-0.15, -0.1) is 5.10 Å². The summed E-state index contributed by atoms with van der Waals surface area (Å²) in [5.41, 5.74) is 0.132. The topological polar surface area (TPSA) is 142 Å². The molecule has 0 saturated heterocycles. The molecule has 0 fully saturated rings. The first-order valence-corrected chi connectivity index (χ1v) is 10.8. The normalized spacial score (nSPS) is 13.3. The van der Waals surface area contributed by atoms with Crippen LogP contribution in [0.15, 0.2) is 64.1 Å². The van der Waals surface area contributed by atoms with Crippen molar-refractivity contribution >= 4 is 33.4 Å². The molecular formula is C20H18N4O7S. The Morgan fingerprint density at radius 1 is 1.06 bits per heavy atom. The molecule has 12 heteroatoms. The maximum absolute atomic E-state index is 12.8. The number of anilines is 2. The van der Waals surface area contributed by atoms with Gasteiger partial charge in [0.15, 0.2) is 0 Å². The average Bonchev–Trinajstić information content (AvgIpc) is 3.28. The fourth-order valence-corrected chi connectivity index (χ4v) is 3.83. The van der Waals surface area contributed by atoms with Gasteiger partial charge in [0.1, 0.15) is 25.2 Å². The molecule has 1 amide bonds. The molecule has 2 heterocycles. The zero-order valence-electron chi connectivity index (χ0n) is 16.8. The quantitative estimate of drug-likeness (QED) is 0.546. The lowest BCUT2D eigenvalue weighted by Crippen LogP contribution is -2.18. The Hall–Kier alpha value is -4.06. The maximum atomic E-state index is 12.8. The standard InChI is InChI=1S/C20H18N4O7S/c1-28-13-6-8-14(9-7-13)32(26,27)24-16-5-3-2-4-15(16)18(25)21-20-23-22-19(31-20)17-12-29-10-11-30-17/h2-9,12,24H,10-11H2,1H3,(H,21,23,25).